The molecule has 0 radical (unpaired) electrons. The van der Waals surface area contributed by atoms with E-state index in [1.54, 1.807) is 12.1 Å². The van der Waals surface area contributed by atoms with Crippen molar-refractivity contribution in [3.8, 4) is 0 Å². The van der Waals surface area contributed by atoms with E-state index in [0.29, 0.717) is 18.7 Å². The van der Waals surface area contributed by atoms with E-state index >= 15 is 0 Å². The van der Waals surface area contributed by atoms with E-state index in [0.717, 1.165) is 5.56 Å². The van der Waals surface area contributed by atoms with E-state index in [2.05, 4.69) is 4.72 Å². The molecule has 20 heavy (non-hydrogen) atoms. The van der Waals surface area contributed by atoms with Crippen molar-refractivity contribution in [2.45, 2.75) is 32.7 Å². The first kappa shape index (κ1) is 17.4. The highest BCUT2D eigenvalue weighted by Crippen LogP contribution is 2.23. The predicted molar refractivity (Wildman–Crippen MR) is 80.9 cm³/mol. The van der Waals surface area contributed by atoms with Crippen molar-refractivity contribution in [1.29, 1.82) is 0 Å². The topological polar surface area (TPSA) is 46.2 Å². The standard InChI is InChI=1S/C14H21ClFNO2S/c1-11(2)14(12-5-7-13(16)8-6-12)17-20(18,19)10-4-3-9-15/h5-8,11,14,17H,3-4,9-10H2,1-2H3. The molecule has 0 bridgehead atoms. The summed E-state index contributed by atoms with van der Waals surface area (Å²) in [5, 5.41) is 0. The second-order valence-corrected chi connectivity index (χ2v) is 7.36. The fraction of sp³-hybridized carbons (Fsp3) is 0.571. The van der Waals surface area contributed by atoms with Crippen molar-refractivity contribution >= 4 is 21.6 Å². The van der Waals surface area contributed by atoms with Gasteiger partial charge >= 0.3 is 0 Å². The van der Waals surface area contributed by atoms with E-state index in [-0.39, 0.29) is 23.5 Å². The Labute approximate surface area is 125 Å². The Morgan fingerprint density at radius 3 is 2.30 bits per heavy atom. The summed E-state index contributed by atoms with van der Waals surface area (Å²) in [5.41, 5.74) is 0.766. The number of rotatable bonds is 8. The molecule has 1 aromatic carbocycles. The molecule has 0 heterocycles. The van der Waals surface area contributed by atoms with Crippen molar-refractivity contribution < 1.29 is 12.8 Å². The Hall–Kier alpha value is -0.650. The molecule has 1 N–H and O–H groups in total. The van der Waals surface area contributed by atoms with Gasteiger partial charge in [0.05, 0.1) is 5.75 Å². The summed E-state index contributed by atoms with van der Waals surface area (Å²) in [6.45, 7) is 3.85. The van der Waals surface area contributed by atoms with Crippen molar-refractivity contribution in [2.24, 2.45) is 5.92 Å². The van der Waals surface area contributed by atoms with Crippen LogP contribution in [0.25, 0.3) is 0 Å². The van der Waals surface area contributed by atoms with Crippen LogP contribution in [-0.2, 0) is 10.0 Å². The number of hydrogen-bond donors (Lipinski definition) is 1. The van der Waals surface area contributed by atoms with Crippen molar-refractivity contribution in [3.05, 3.63) is 35.6 Å². The van der Waals surface area contributed by atoms with Crippen LogP contribution < -0.4 is 4.72 Å². The molecule has 1 rings (SSSR count). The summed E-state index contributed by atoms with van der Waals surface area (Å²) in [7, 11) is -3.36. The van der Waals surface area contributed by atoms with Crippen LogP contribution in [0.3, 0.4) is 0 Å². The number of unbranched alkanes of at least 4 members (excludes halogenated alkanes) is 1. The van der Waals surface area contributed by atoms with Crippen molar-refractivity contribution in [2.75, 3.05) is 11.6 Å². The fourth-order valence-corrected chi connectivity index (χ4v) is 3.58. The molecule has 0 spiro atoms. The number of alkyl halides is 1. The first-order chi connectivity index (χ1) is 9.35. The average molecular weight is 322 g/mol. The molecule has 0 saturated carbocycles. The van der Waals surface area contributed by atoms with Gasteiger partial charge in [-0.25, -0.2) is 17.5 Å². The van der Waals surface area contributed by atoms with Gasteiger partial charge in [0.2, 0.25) is 10.0 Å². The molecule has 0 amide bonds. The van der Waals surface area contributed by atoms with Crippen molar-refractivity contribution in [1.82, 2.24) is 4.72 Å². The largest absolute Gasteiger partial charge is 0.212 e. The summed E-state index contributed by atoms with van der Waals surface area (Å²) in [6.07, 6.45) is 1.21. The van der Waals surface area contributed by atoms with Gasteiger partial charge in [-0.1, -0.05) is 26.0 Å². The first-order valence-electron chi connectivity index (χ1n) is 6.67. The van der Waals surface area contributed by atoms with Crippen LogP contribution in [0.5, 0.6) is 0 Å². The second kappa shape index (κ2) is 7.96. The third kappa shape index (κ3) is 5.77. The molecular weight excluding hydrogens is 301 g/mol. The van der Waals surface area contributed by atoms with E-state index in [1.807, 2.05) is 13.8 Å². The van der Waals surface area contributed by atoms with Gasteiger partial charge in [0.15, 0.2) is 0 Å². The summed E-state index contributed by atoms with van der Waals surface area (Å²) in [6, 6.07) is 5.55. The molecule has 0 saturated heterocycles. The zero-order valence-electron chi connectivity index (χ0n) is 11.8. The number of benzene rings is 1. The van der Waals surface area contributed by atoms with Gasteiger partial charge in [-0.05, 0) is 36.5 Å². The molecule has 1 unspecified atom stereocenters. The summed E-state index contributed by atoms with van der Waals surface area (Å²) in [5.74, 6) is 0.259. The van der Waals surface area contributed by atoms with Crippen LogP contribution in [0.15, 0.2) is 24.3 Å². The van der Waals surface area contributed by atoms with E-state index < -0.39 is 10.0 Å². The Morgan fingerprint density at radius 1 is 1.20 bits per heavy atom. The monoisotopic (exact) mass is 321 g/mol. The maximum atomic E-state index is 12.9. The van der Waals surface area contributed by atoms with Crippen molar-refractivity contribution in [3.63, 3.8) is 0 Å². The van der Waals surface area contributed by atoms with Crippen LogP contribution >= 0.6 is 11.6 Å². The van der Waals surface area contributed by atoms with Crippen LogP contribution in [0, 0.1) is 11.7 Å². The molecule has 1 atom stereocenters. The lowest BCUT2D eigenvalue weighted by molar-refractivity contribution is 0.461. The predicted octanol–water partition coefficient (Wildman–Crippen LogP) is 3.46. The maximum absolute atomic E-state index is 12.9. The lowest BCUT2D eigenvalue weighted by atomic mass is 9.97. The molecule has 0 aliphatic carbocycles. The van der Waals surface area contributed by atoms with E-state index in [1.165, 1.54) is 12.1 Å². The number of halogens is 2. The van der Waals surface area contributed by atoms with Crippen LogP contribution in [-0.4, -0.2) is 20.1 Å². The number of hydrogen-bond acceptors (Lipinski definition) is 2. The summed E-state index contributed by atoms with van der Waals surface area (Å²) >= 11 is 5.55. The van der Waals surface area contributed by atoms with Gasteiger partial charge < -0.3 is 0 Å². The molecule has 3 nitrogen and oxygen atoms in total. The third-order valence-electron chi connectivity index (χ3n) is 3.00. The second-order valence-electron chi connectivity index (χ2n) is 5.11. The normalized spacial score (nSPS) is 13.7. The minimum atomic E-state index is -3.36. The van der Waals surface area contributed by atoms with Crippen LogP contribution in [0.4, 0.5) is 4.39 Å². The highest BCUT2D eigenvalue weighted by molar-refractivity contribution is 7.89. The minimum Gasteiger partial charge on any atom is -0.212 e. The number of sulfonamides is 1. The minimum absolute atomic E-state index is 0.0597. The van der Waals surface area contributed by atoms with Gasteiger partial charge in [-0.2, -0.15) is 0 Å². The average Bonchev–Trinajstić information content (AvgIpc) is 2.37. The Morgan fingerprint density at radius 2 is 1.80 bits per heavy atom. The fourth-order valence-electron chi connectivity index (χ4n) is 1.90. The Balaban J connectivity index is 2.80. The molecule has 0 aliphatic heterocycles. The van der Waals surface area contributed by atoms with Gasteiger partial charge in [0, 0.05) is 11.9 Å². The Bertz CT molecular complexity index is 502. The smallest absolute Gasteiger partial charge is 0.212 e. The highest BCUT2D eigenvalue weighted by atomic mass is 35.5. The molecule has 114 valence electrons. The van der Waals surface area contributed by atoms with Crippen LogP contribution in [0.2, 0.25) is 0 Å². The lowest BCUT2D eigenvalue weighted by Crippen LogP contribution is -2.33. The zero-order valence-corrected chi connectivity index (χ0v) is 13.3. The third-order valence-corrected chi connectivity index (χ3v) is 4.71. The maximum Gasteiger partial charge on any atom is 0.212 e. The SMILES string of the molecule is CC(C)C(NS(=O)(=O)CCCCCl)c1ccc(F)cc1. The Kier molecular flexibility index (Phi) is 6.92. The molecular formula is C14H21ClFNO2S. The summed E-state index contributed by atoms with van der Waals surface area (Å²) in [4.78, 5) is 0. The van der Waals surface area contributed by atoms with Gasteiger partial charge in [-0.15, -0.1) is 11.6 Å². The highest BCUT2D eigenvalue weighted by Gasteiger charge is 2.22. The molecule has 1 aromatic rings. The van der Waals surface area contributed by atoms with Gasteiger partial charge in [0.25, 0.3) is 0 Å². The summed E-state index contributed by atoms with van der Waals surface area (Å²) < 4.78 is 39.7. The van der Waals surface area contributed by atoms with E-state index in [9.17, 15) is 12.8 Å². The first-order valence-corrected chi connectivity index (χ1v) is 8.86. The zero-order chi connectivity index (χ0) is 15.2. The molecule has 6 heteroatoms. The molecule has 0 aromatic heterocycles. The van der Waals surface area contributed by atoms with E-state index in [4.69, 9.17) is 11.6 Å². The van der Waals surface area contributed by atoms with Gasteiger partial charge in [0.1, 0.15) is 5.82 Å². The number of nitrogens with one attached hydrogen (secondary N) is 1. The molecule has 0 aliphatic rings. The van der Waals surface area contributed by atoms with Gasteiger partial charge in [-0.3, -0.25) is 0 Å². The quantitative estimate of drug-likeness (QED) is 0.588. The molecule has 0 fully saturated rings. The lowest BCUT2D eigenvalue weighted by Gasteiger charge is -2.22. The van der Waals surface area contributed by atoms with Crippen LogP contribution in [0.1, 0.15) is 38.3 Å².